The predicted molar refractivity (Wildman–Crippen MR) is 162 cm³/mol. The van der Waals surface area contributed by atoms with Crippen molar-refractivity contribution in [1.82, 2.24) is 15.6 Å². The fourth-order valence-electron chi connectivity index (χ4n) is 5.85. The molecule has 3 aromatic rings. The van der Waals surface area contributed by atoms with E-state index in [4.69, 9.17) is 4.74 Å². The van der Waals surface area contributed by atoms with Crippen molar-refractivity contribution < 1.29 is 14.3 Å². The normalized spacial score (nSPS) is 20.3. The Morgan fingerprint density at radius 3 is 2.37 bits per heavy atom. The number of anilines is 1. The third-order valence-electron chi connectivity index (χ3n) is 8.14. The molecule has 3 atom stereocenters. The lowest BCUT2D eigenvalue weighted by atomic mass is 9.87. The van der Waals surface area contributed by atoms with Crippen molar-refractivity contribution in [2.75, 3.05) is 11.4 Å². The molecule has 2 aromatic carbocycles. The number of benzene rings is 2. The second kappa shape index (κ2) is 12.9. The monoisotopic (exact) mass is 554 g/mol. The molecule has 2 heterocycles. The van der Waals surface area contributed by atoms with Gasteiger partial charge in [0.25, 0.3) is 0 Å². The summed E-state index contributed by atoms with van der Waals surface area (Å²) in [6.07, 6.45) is 9.07. The van der Waals surface area contributed by atoms with Crippen LogP contribution < -0.4 is 20.3 Å². The summed E-state index contributed by atoms with van der Waals surface area (Å²) < 4.78 is 6.16. The molecule has 2 aliphatic rings. The van der Waals surface area contributed by atoms with Crippen molar-refractivity contribution in [1.29, 1.82) is 0 Å². The maximum Gasteiger partial charge on any atom is 0.248 e. The first-order valence-electron chi connectivity index (χ1n) is 14.9. The molecule has 216 valence electrons. The molecule has 7 nitrogen and oxygen atoms in total. The molecule has 0 spiro atoms. The van der Waals surface area contributed by atoms with Crippen LogP contribution in [0.4, 0.5) is 5.69 Å². The fourth-order valence-corrected chi connectivity index (χ4v) is 5.85. The van der Waals surface area contributed by atoms with Crippen LogP contribution >= 0.6 is 0 Å². The first-order valence-corrected chi connectivity index (χ1v) is 14.9. The minimum absolute atomic E-state index is 0.0382. The highest BCUT2D eigenvalue weighted by atomic mass is 16.5. The number of carbonyl (C=O) groups excluding carboxylic acids is 2. The second-order valence-electron chi connectivity index (χ2n) is 12.3. The summed E-state index contributed by atoms with van der Waals surface area (Å²) in [4.78, 5) is 34.5. The van der Waals surface area contributed by atoms with Crippen LogP contribution in [0.1, 0.15) is 76.5 Å². The quantitative estimate of drug-likeness (QED) is 0.373. The summed E-state index contributed by atoms with van der Waals surface area (Å²) in [6, 6.07) is 20.2. The highest BCUT2D eigenvalue weighted by Crippen LogP contribution is 2.33. The number of amides is 2. The summed E-state index contributed by atoms with van der Waals surface area (Å²) in [5, 5.41) is 6.66. The van der Waals surface area contributed by atoms with E-state index in [2.05, 4.69) is 48.5 Å². The van der Waals surface area contributed by atoms with E-state index in [1.807, 2.05) is 54.6 Å². The van der Waals surface area contributed by atoms with E-state index in [0.717, 1.165) is 37.0 Å². The smallest absolute Gasteiger partial charge is 0.248 e. The number of pyridine rings is 1. The summed E-state index contributed by atoms with van der Waals surface area (Å²) in [6.45, 7) is 7.04. The average Bonchev–Trinajstić information content (AvgIpc) is 3.45. The van der Waals surface area contributed by atoms with Crippen LogP contribution in [-0.4, -0.2) is 41.5 Å². The molecular formula is C34H42N4O3. The van der Waals surface area contributed by atoms with Crippen molar-refractivity contribution in [3.8, 4) is 5.75 Å². The lowest BCUT2D eigenvalue weighted by molar-refractivity contribution is -0.128. The summed E-state index contributed by atoms with van der Waals surface area (Å²) in [7, 11) is 0. The van der Waals surface area contributed by atoms with E-state index in [1.54, 1.807) is 17.3 Å². The molecule has 1 aliphatic carbocycles. The molecule has 7 heteroatoms. The Labute approximate surface area is 243 Å². The molecule has 1 unspecified atom stereocenters. The topological polar surface area (TPSA) is 83.6 Å². The summed E-state index contributed by atoms with van der Waals surface area (Å²) >= 11 is 0. The van der Waals surface area contributed by atoms with E-state index >= 15 is 0 Å². The van der Waals surface area contributed by atoms with Crippen molar-refractivity contribution in [2.45, 2.75) is 88.9 Å². The van der Waals surface area contributed by atoms with Gasteiger partial charge in [0, 0.05) is 42.7 Å². The third kappa shape index (κ3) is 7.14. The molecule has 1 aliphatic heterocycles. The molecule has 0 bridgehead atoms. The molecular weight excluding hydrogens is 512 g/mol. The standard InChI is InChI=1S/C34H42N4O3/c1-34(2,3)25-16-18-27(19-17-25)38(33(40)30-21-29(23-36-30)41-28-14-8-5-9-15-28)31(24-11-10-20-35-22-24)32(39)37-26-12-6-4-7-13-26/h5,8-11,14-20,22,26,29-31,36H,4,6-7,12-13,21,23H2,1-3H3,(H,37,39)/t29-,30+,31?/m0/s1. The average molecular weight is 555 g/mol. The molecule has 0 radical (unpaired) electrons. The van der Waals surface area contributed by atoms with E-state index in [-0.39, 0.29) is 29.4 Å². The molecule has 2 fully saturated rings. The minimum atomic E-state index is -0.852. The Balaban J connectivity index is 1.47. The first-order chi connectivity index (χ1) is 19.8. The highest BCUT2D eigenvalue weighted by Gasteiger charge is 2.40. The predicted octanol–water partition coefficient (Wildman–Crippen LogP) is 5.71. The fraction of sp³-hybridized carbons (Fsp3) is 0.441. The maximum absolute atomic E-state index is 14.4. The molecule has 1 saturated heterocycles. The Kier molecular flexibility index (Phi) is 9.03. The summed E-state index contributed by atoms with van der Waals surface area (Å²) in [5.74, 6) is 0.454. The zero-order chi connectivity index (χ0) is 28.8. The van der Waals surface area contributed by atoms with Crippen LogP contribution in [-0.2, 0) is 15.0 Å². The van der Waals surface area contributed by atoms with Crippen LogP contribution in [0.25, 0.3) is 0 Å². The van der Waals surface area contributed by atoms with Crippen LogP contribution in [0.2, 0.25) is 0 Å². The van der Waals surface area contributed by atoms with Gasteiger partial charge in [-0.05, 0) is 54.2 Å². The second-order valence-corrected chi connectivity index (χ2v) is 12.3. The number of nitrogens with zero attached hydrogens (tertiary/aromatic N) is 2. The zero-order valence-corrected chi connectivity index (χ0v) is 24.4. The number of carbonyl (C=O) groups is 2. The lowest BCUT2D eigenvalue weighted by Gasteiger charge is -2.35. The van der Waals surface area contributed by atoms with Gasteiger partial charge in [-0.2, -0.15) is 0 Å². The van der Waals surface area contributed by atoms with Crippen molar-refractivity contribution in [3.63, 3.8) is 0 Å². The van der Waals surface area contributed by atoms with Crippen LogP contribution in [0.15, 0.2) is 79.1 Å². The van der Waals surface area contributed by atoms with Gasteiger partial charge in [0.2, 0.25) is 11.8 Å². The number of rotatable bonds is 8. The van der Waals surface area contributed by atoms with Crippen molar-refractivity contribution in [3.05, 3.63) is 90.3 Å². The Morgan fingerprint density at radius 1 is 0.976 bits per heavy atom. The van der Waals surface area contributed by atoms with Gasteiger partial charge in [-0.3, -0.25) is 19.5 Å². The van der Waals surface area contributed by atoms with Gasteiger partial charge in [0.05, 0.1) is 6.04 Å². The summed E-state index contributed by atoms with van der Waals surface area (Å²) in [5.41, 5.74) is 2.49. The van der Waals surface area contributed by atoms with Gasteiger partial charge < -0.3 is 15.4 Å². The SMILES string of the molecule is CC(C)(C)c1ccc(N(C(=O)[C@H]2C[C@H](Oc3ccccc3)CN2)C(C(=O)NC2CCCCC2)c2cccnc2)cc1. The number of hydrogen-bond donors (Lipinski definition) is 2. The van der Waals surface area contributed by atoms with Gasteiger partial charge in [0.1, 0.15) is 17.9 Å². The number of ether oxygens (including phenoxy) is 1. The van der Waals surface area contributed by atoms with Crippen molar-refractivity contribution in [2.24, 2.45) is 0 Å². The molecule has 1 saturated carbocycles. The van der Waals surface area contributed by atoms with Crippen LogP contribution in [0, 0.1) is 0 Å². The van der Waals surface area contributed by atoms with E-state index < -0.39 is 12.1 Å². The molecule has 5 rings (SSSR count). The molecule has 1 aromatic heterocycles. The first kappa shape index (κ1) is 28.8. The van der Waals surface area contributed by atoms with Crippen molar-refractivity contribution >= 4 is 17.5 Å². The Bertz CT molecular complexity index is 1290. The van der Waals surface area contributed by atoms with E-state index in [9.17, 15) is 9.59 Å². The van der Waals surface area contributed by atoms with E-state index in [0.29, 0.717) is 24.2 Å². The Morgan fingerprint density at radius 2 is 1.71 bits per heavy atom. The van der Waals surface area contributed by atoms with Gasteiger partial charge in [-0.1, -0.05) is 76.4 Å². The number of nitrogens with one attached hydrogen (secondary N) is 2. The molecule has 41 heavy (non-hydrogen) atoms. The highest BCUT2D eigenvalue weighted by molar-refractivity contribution is 6.04. The number of para-hydroxylation sites is 1. The molecule has 2 N–H and O–H groups in total. The minimum Gasteiger partial charge on any atom is -0.489 e. The van der Waals surface area contributed by atoms with Gasteiger partial charge in [-0.25, -0.2) is 0 Å². The number of hydrogen-bond acceptors (Lipinski definition) is 5. The van der Waals surface area contributed by atoms with E-state index in [1.165, 1.54) is 6.42 Å². The van der Waals surface area contributed by atoms with Gasteiger partial charge in [0.15, 0.2) is 0 Å². The van der Waals surface area contributed by atoms with Crippen LogP contribution in [0.3, 0.4) is 0 Å². The molecule has 2 amide bonds. The zero-order valence-electron chi connectivity index (χ0n) is 24.4. The number of aromatic nitrogens is 1. The largest absolute Gasteiger partial charge is 0.489 e. The lowest BCUT2D eigenvalue weighted by Crippen LogP contribution is -2.51. The third-order valence-corrected chi connectivity index (χ3v) is 8.14. The van der Waals surface area contributed by atoms with Gasteiger partial charge in [-0.15, -0.1) is 0 Å². The van der Waals surface area contributed by atoms with Gasteiger partial charge >= 0.3 is 0 Å². The maximum atomic E-state index is 14.4. The van der Waals surface area contributed by atoms with Crippen LogP contribution in [0.5, 0.6) is 5.75 Å². The Hall–Kier alpha value is -3.71.